The van der Waals surface area contributed by atoms with Gasteiger partial charge in [-0.3, -0.25) is 4.79 Å². The van der Waals surface area contributed by atoms with E-state index in [1.807, 2.05) is 11.8 Å². The van der Waals surface area contributed by atoms with Crippen molar-refractivity contribution >= 4 is 35.0 Å². The van der Waals surface area contributed by atoms with Gasteiger partial charge in [0.1, 0.15) is 5.82 Å². The monoisotopic (exact) mass is 330 g/mol. The van der Waals surface area contributed by atoms with E-state index in [-0.39, 0.29) is 33.5 Å². The molecular weight excluding hydrogens is 315 g/mol. The van der Waals surface area contributed by atoms with Crippen LogP contribution in [0.5, 0.6) is 0 Å². The SMILES string of the molecule is Nc1c(F)cc(Cl)cc1C(=O)N1CCS[C@H]2COCC[C@@H]21. The van der Waals surface area contributed by atoms with Crippen molar-refractivity contribution in [1.29, 1.82) is 0 Å². The first kappa shape index (κ1) is 14.9. The third kappa shape index (κ3) is 2.84. The number of nitrogens with two attached hydrogens (primary N) is 1. The van der Waals surface area contributed by atoms with Crippen molar-refractivity contribution in [3.05, 3.63) is 28.5 Å². The fourth-order valence-corrected chi connectivity index (χ4v) is 4.36. The standard InChI is InChI=1S/C14H16ClFN2O2S/c15-8-5-9(13(17)10(16)6-8)14(19)18-2-4-21-12-7-20-3-1-11(12)18/h5-6,11-12H,1-4,7,17H2/t11-,12-/m0/s1. The summed E-state index contributed by atoms with van der Waals surface area (Å²) in [5.74, 6) is -0.0500. The normalized spacial score (nSPS) is 25.5. The summed E-state index contributed by atoms with van der Waals surface area (Å²) in [5, 5.41) is 0.460. The number of rotatable bonds is 1. The third-order valence-corrected chi connectivity index (χ3v) is 5.43. The van der Waals surface area contributed by atoms with Crippen molar-refractivity contribution < 1.29 is 13.9 Å². The lowest BCUT2D eigenvalue weighted by atomic mass is 10.0. The van der Waals surface area contributed by atoms with Crippen LogP contribution in [0, 0.1) is 5.82 Å². The van der Waals surface area contributed by atoms with Crippen molar-refractivity contribution in [3.8, 4) is 0 Å². The zero-order valence-corrected chi connectivity index (χ0v) is 12.9. The number of halogens is 2. The molecule has 21 heavy (non-hydrogen) atoms. The Morgan fingerprint density at radius 3 is 3.14 bits per heavy atom. The molecule has 2 N–H and O–H groups in total. The van der Waals surface area contributed by atoms with Crippen molar-refractivity contribution in [3.63, 3.8) is 0 Å². The third-order valence-electron chi connectivity index (χ3n) is 3.92. The molecule has 7 heteroatoms. The number of fused-ring (bicyclic) bond motifs is 1. The van der Waals surface area contributed by atoms with Gasteiger partial charge in [-0.15, -0.1) is 0 Å². The summed E-state index contributed by atoms with van der Waals surface area (Å²) in [6.45, 7) is 1.93. The molecule has 3 rings (SSSR count). The lowest BCUT2D eigenvalue weighted by Crippen LogP contribution is -2.54. The molecule has 0 aliphatic carbocycles. The van der Waals surface area contributed by atoms with Gasteiger partial charge in [-0.05, 0) is 18.6 Å². The summed E-state index contributed by atoms with van der Waals surface area (Å²) >= 11 is 7.68. The van der Waals surface area contributed by atoms with Gasteiger partial charge >= 0.3 is 0 Å². The number of anilines is 1. The molecule has 1 aromatic carbocycles. The molecule has 0 spiro atoms. The van der Waals surface area contributed by atoms with Gasteiger partial charge < -0.3 is 15.4 Å². The molecule has 2 heterocycles. The van der Waals surface area contributed by atoms with Gasteiger partial charge in [0.05, 0.1) is 17.9 Å². The number of amides is 1. The van der Waals surface area contributed by atoms with E-state index < -0.39 is 5.82 Å². The molecule has 1 amide bonds. The van der Waals surface area contributed by atoms with Crippen LogP contribution < -0.4 is 5.73 Å². The lowest BCUT2D eigenvalue weighted by Gasteiger charge is -2.43. The summed E-state index contributed by atoms with van der Waals surface area (Å²) < 4.78 is 19.2. The smallest absolute Gasteiger partial charge is 0.256 e. The number of carbonyl (C=O) groups is 1. The first-order valence-electron chi connectivity index (χ1n) is 6.83. The molecule has 2 fully saturated rings. The first-order valence-corrected chi connectivity index (χ1v) is 8.25. The fraction of sp³-hybridized carbons (Fsp3) is 0.500. The Kier molecular flexibility index (Phi) is 4.28. The summed E-state index contributed by atoms with van der Waals surface area (Å²) in [7, 11) is 0. The topological polar surface area (TPSA) is 55.6 Å². The fourth-order valence-electron chi connectivity index (χ4n) is 2.85. The van der Waals surface area contributed by atoms with Crippen LogP contribution in [0.3, 0.4) is 0 Å². The van der Waals surface area contributed by atoms with Crippen molar-refractivity contribution in [2.24, 2.45) is 0 Å². The molecule has 114 valence electrons. The van der Waals surface area contributed by atoms with Gasteiger partial charge in [0.25, 0.3) is 5.91 Å². The Morgan fingerprint density at radius 1 is 1.52 bits per heavy atom. The molecule has 2 aliphatic rings. The van der Waals surface area contributed by atoms with Crippen LogP contribution >= 0.6 is 23.4 Å². The van der Waals surface area contributed by atoms with Crippen LogP contribution in [-0.2, 0) is 4.74 Å². The zero-order valence-electron chi connectivity index (χ0n) is 11.4. The van der Waals surface area contributed by atoms with Gasteiger partial charge in [-0.1, -0.05) is 11.6 Å². The van der Waals surface area contributed by atoms with Crippen LogP contribution in [0.25, 0.3) is 0 Å². The van der Waals surface area contributed by atoms with Gasteiger partial charge in [-0.25, -0.2) is 4.39 Å². The van der Waals surface area contributed by atoms with E-state index in [0.717, 1.165) is 18.2 Å². The number of ether oxygens (including phenoxy) is 1. The second-order valence-electron chi connectivity index (χ2n) is 5.19. The minimum Gasteiger partial charge on any atom is -0.396 e. The lowest BCUT2D eigenvalue weighted by molar-refractivity contribution is 0.0319. The van der Waals surface area contributed by atoms with Crippen LogP contribution in [0.15, 0.2) is 12.1 Å². The van der Waals surface area contributed by atoms with Crippen LogP contribution in [0.2, 0.25) is 5.02 Å². The maximum atomic E-state index is 13.7. The highest BCUT2D eigenvalue weighted by atomic mass is 35.5. The van der Waals surface area contributed by atoms with Crippen molar-refractivity contribution in [2.75, 3.05) is 31.2 Å². The van der Waals surface area contributed by atoms with E-state index in [0.29, 0.717) is 19.8 Å². The highest BCUT2D eigenvalue weighted by molar-refractivity contribution is 8.00. The van der Waals surface area contributed by atoms with E-state index in [1.54, 1.807) is 4.90 Å². The average molecular weight is 331 g/mol. The van der Waals surface area contributed by atoms with Crippen LogP contribution in [0.1, 0.15) is 16.8 Å². The minimum atomic E-state index is -0.652. The number of thioether (sulfide) groups is 1. The number of hydrogen-bond acceptors (Lipinski definition) is 4. The van der Waals surface area contributed by atoms with E-state index in [9.17, 15) is 9.18 Å². The summed E-state index contributed by atoms with van der Waals surface area (Å²) in [5.41, 5.74) is 5.73. The maximum Gasteiger partial charge on any atom is 0.256 e. The molecule has 2 saturated heterocycles. The van der Waals surface area contributed by atoms with Gasteiger partial charge in [0.2, 0.25) is 0 Å². The summed E-state index contributed by atoms with van der Waals surface area (Å²) in [6.07, 6.45) is 0.798. The quantitative estimate of drug-likeness (QED) is 0.803. The van der Waals surface area contributed by atoms with Gasteiger partial charge in [-0.2, -0.15) is 11.8 Å². The Balaban J connectivity index is 1.90. The zero-order chi connectivity index (χ0) is 15.0. The van der Waals surface area contributed by atoms with Gasteiger partial charge in [0, 0.05) is 35.2 Å². The number of nitrogens with zero attached hydrogens (tertiary/aromatic N) is 1. The van der Waals surface area contributed by atoms with E-state index in [4.69, 9.17) is 22.1 Å². The molecule has 2 atom stereocenters. The Hall–Kier alpha value is -0.980. The molecule has 0 bridgehead atoms. The Labute approximate surface area is 131 Å². The molecule has 0 radical (unpaired) electrons. The number of hydrogen-bond donors (Lipinski definition) is 1. The summed E-state index contributed by atoms with van der Waals surface area (Å²) in [6, 6.07) is 2.68. The highest BCUT2D eigenvalue weighted by Crippen LogP contribution is 2.32. The minimum absolute atomic E-state index is 0.117. The molecule has 0 unspecified atom stereocenters. The van der Waals surface area contributed by atoms with Crippen LogP contribution in [0.4, 0.5) is 10.1 Å². The number of benzene rings is 1. The average Bonchev–Trinajstić information content (AvgIpc) is 2.49. The molecule has 0 aromatic heterocycles. The Morgan fingerprint density at radius 2 is 2.33 bits per heavy atom. The highest BCUT2D eigenvalue weighted by Gasteiger charge is 2.37. The van der Waals surface area contributed by atoms with E-state index >= 15 is 0 Å². The molecular formula is C14H16ClFN2O2S. The maximum absolute atomic E-state index is 13.7. The molecule has 2 aliphatic heterocycles. The predicted octanol–water partition coefficient (Wildman–Crippen LogP) is 2.41. The Bertz CT molecular complexity index is 570. The molecule has 4 nitrogen and oxygen atoms in total. The van der Waals surface area contributed by atoms with E-state index in [2.05, 4.69) is 0 Å². The summed E-state index contributed by atoms with van der Waals surface area (Å²) in [4.78, 5) is 14.5. The molecule has 0 saturated carbocycles. The van der Waals surface area contributed by atoms with Crippen LogP contribution in [-0.4, -0.2) is 47.6 Å². The van der Waals surface area contributed by atoms with E-state index in [1.165, 1.54) is 6.07 Å². The van der Waals surface area contributed by atoms with Crippen molar-refractivity contribution in [2.45, 2.75) is 17.7 Å². The van der Waals surface area contributed by atoms with Gasteiger partial charge in [0.15, 0.2) is 0 Å². The number of nitrogen functional groups attached to an aromatic ring is 1. The first-order chi connectivity index (χ1) is 10.1. The molecule has 1 aromatic rings. The second kappa shape index (κ2) is 6.02. The number of carbonyl (C=O) groups excluding carboxylic acids is 1. The second-order valence-corrected chi connectivity index (χ2v) is 6.97. The van der Waals surface area contributed by atoms with Crippen molar-refractivity contribution in [1.82, 2.24) is 4.90 Å². The largest absolute Gasteiger partial charge is 0.396 e. The predicted molar refractivity (Wildman–Crippen MR) is 82.3 cm³/mol.